The Labute approximate surface area is 105 Å². The van der Waals surface area contributed by atoms with E-state index in [9.17, 15) is 5.11 Å². The number of methoxy groups -OCH3 is 1. The molecule has 0 rings (SSSR count). The summed E-state index contributed by atoms with van der Waals surface area (Å²) in [7, 11) is 1.66. The molecule has 0 radical (unpaired) electrons. The maximum atomic E-state index is 9.53. The van der Waals surface area contributed by atoms with Crippen LogP contribution in [0.2, 0.25) is 0 Å². The minimum Gasteiger partial charge on any atom is -0.396 e. The van der Waals surface area contributed by atoms with Gasteiger partial charge in [-0.25, -0.2) is 0 Å². The average Bonchev–Trinajstić information content (AvgIpc) is 2.31. The number of nitrogens with two attached hydrogens (primary N) is 1. The number of rotatable bonds is 11. The van der Waals surface area contributed by atoms with Crippen LogP contribution in [0.1, 0.15) is 33.1 Å². The largest absolute Gasteiger partial charge is 0.396 e. The molecule has 0 saturated heterocycles. The van der Waals surface area contributed by atoms with Gasteiger partial charge in [0.25, 0.3) is 0 Å². The fourth-order valence-corrected chi connectivity index (χ4v) is 2.16. The number of ether oxygens (including phenoxy) is 2. The second kappa shape index (κ2) is 9.83. The second-order valence-corrected chi connectivity index (χ2v) is 5.17. The van der Waals surface area contributed by atoms with E-state index in [1.807, 2.05) is 0 Å². The van der Waals surface area contributed by atoms with Crippen molar-refractivity contribution < 1.29 is 14.6 Å². The normalized spacial score (nSPS) is 15.2. The van der Waals surface area contributed by atoms with E-state index < -0.39 is 0 Å². The molecule has 4 heteroatoms. The Bertz CT molecular complexity index is 170. The summed E-state index contributed by atoms with van der Waals surface area (Å²) in [5, 5.41) is 9.53. The predicted molar refractivity (Wildman–Crippen MR) is 70.0 cm³/mol. The summed E-state index contributed by atoms with van der Waals surface area (Å²) in [6.07, 6.45) is 2.83. The lowest BCUT2D eigenvalue weighted by molar-refractivity contribution is 0.0512. The van der Waals surface area contributed by atoms with Crippen molar-refractivity contribution in [3.63, 3.8) is 0 Å². The molecule has 1 atom stereocenters. The second-order valence-electron chi connectivity index (χ2n) is 5.17. The van der Waals surface area contributed by atoms with Crippen LogP contribution in [-0.2, 0) is 9.47 Å². The van der Waals surface area contributed by atoms with Crippen LogP contribution in [0.15, 0.2) is 0 Å². The van der Waals surface area contributed by atoms with Crippen LogP contribution >= 0.6 is 0 Å². The van der Waals surface area contributed by atoms with E-state index >= 15 is 0 Å². The first-order valence-corrected chi connectivity index (χ1v) is 6.48. The zero-order valence-corrected chi connectivity index (χ0v) is 11.6. The molecule has 0 aromatic carbocycles. The van der Waals surface area contributed by atoms with Crippen molar-refractivity contribution in [2.45, 2.75) is 33.1 Å². The van der Waals surface area contributed by atoms with E-state index in [0.29, 0.717) is 32.3 Å². The van der Waals surface area contributed by atoms with E-state index in [1.54, 1.807) is 7.11 Å². The van der Waals surface area contributed by atoms with Crippen molar-refractivity contribution in [1.29, 1.82) is 0 Å². The highest BCUT2D eigenvalue weighted by molar-refractivity contribution is 4.80. The predicted octanol–water partition coefficient (Wildman–Crippen LogP) is 1.41. The molecule has 0 spiro atoms. The minimum absolute atomic E-state index is 0.126. The van der Waals surface area contributed by atoms with E-state index in [-0.39, 0.29) is 12.0 Å². The van der Waals surface area contributed by atoms with Crippen molar-refractivity contribution in [2.24, 2.45) is 17.1 Å². The Hall–Kier alpha value is -0.160. The molecule has 0 aliphatic heterocycles. The molecule has 1 unspecified atom stereocenters. The third-order valence-electron chi connectivity index (χ3n) is 3.04. The van der Waals surface area contributed by atoms with E-state index in [0.717, 1.165) is 19.3 Å². The smallest absolute Gasteiger partial charge is 0.0700 e. The van der Waals surface area contributed by atoms with Gasteiger partial charge in [-0.2, -0.15) is 0 Å². The first-order chi connectivity index (χ1) is 8.10. The standard InChI is InChI=1S/C13H29NO3/c1-12(2)9-13(10-14,11-15)5-4-6-17-8-7-16-3/h12,15H,4-11,14H2,1-3H3. The molecular formula is C13H29NO3. The average molecular weight is 247 g/mol. The molecule has 0 heterocycles. The summed E-state index contributed by atoms with van der Waals surface area (Å²) in [6.45, 7) is 7.01. The molecule has 0 amide bonds. The minimum atomic E-state index is -0.126. The summed E-state index contributed by atoms with van der Waals surface area (Å²) >= 11 is 0. The molecule has 0 fully saturated rings. The van der Waals surface area contributed by atoms with Crippen LogP contribution in [0.5, 0.6) is 0 Å². The van der Waals surface area contributed by atoms with Gasteiger partial charge in [-0.05, 0) is 25.2 Å². The fourth-order valence-electron chi connectivity index (χ4n) is 2.16. The van der Waals surface area contributed by atoms with Gasteiger partial charge in [0.05, 0.1) is 13.2 Å². The lowest BCUT2D eigenvalue weighted by Gasteiger charge is -2.32. The Balaban J connectivity index is 3.84. The molecule has 104 valence electrons. The quantitative estimate of drug-likeness (QED) is 0.542. The fraction of sp³-hybridized carbons (Fsp3) is 1.00. The molecule has 0 aliphatic rings. The van der Waals surface area contributed by atoms with Gasteiger partial charge < -0.3 is 20.3 Å². The third-order valence-corrected chi connectivity index (χ3v) is 3.04. The van der Waals surface area contributed by atoms with E-state index in [4.69, 9.17) is 15.2 Å². The number of hydrogen-bond acceptors (Lipinski definition) is 4. The highest BCUT2D eigenvalue weighted by Gasteiger charge is 2.28. The van der Waals surface area contributed by atoms with Crippen molar-refractivity contribution in [2.75, 3.05) is 40.1 Å². The summed E-state index contributed by atoms with van der Waals surface area (Å²) in [4.78, 5) is 0. The Morgan fingerprint density at radius 2 is 1.94 bits per heavy atom. The zero-order chi connectivity index (χ0) is 13.1. The van der Waals surface area contributed by atoms with Crippen molar-refractivity contribution in [3.05, 3.63) is 0 Å². The molecule has 0 aliphatic carbocycles. The third kappa shape index (κ3) is 7.71. The Morgan fingerprint density at radius 3 is 2.41 bits per heavy atom. The van der Waals surface area contributed by atoms with Crippen LogP contribution in [0.4, 0.5) is 0 Å². The van der Waals surface area contributed by atoms with Crippen LogP contribution < -0.4 is 5.73 Å². The molecule has 0 aromatic rings. The van der Waals surface area contributed by atoms with Gasteiger partial charge in [0.1, 0.15) is 0 Å². The zero-order valence-electron chi connectivity index (χ0n) is 11.6. The van der Waals surface area contributed by atoms with Gasteiger partial charge in [-0.1, -0.05) is 13.8 Å². The van der Waals surface area contributed by atoms with Gasteiger partial charge in [0.15, 0.2) is 0 Å². The maximum Gasteiger partial charge on any atom is 0.0700 e. The van der Waals surface area contributed by atoms with E-state index in [1.165, 1.54) is 0 Å². The maximum absolute atomic E-state index is 9.53. The molecule has 0 bridgehead atoms. The molecule has 4 nitrogen and oxygen atoms in total. The molecule has 0 aromatic heterocycles. The SMILES string of the molecule is COCCOCCCC(CN)(CO)CC(C)C. The van der Waals surface area contributed by atoms with Crippen LogP contribution in [0, 0.1) is 11.3 Å². The molecule has 0 saturated carbocycles. The molecule has 3 N–H and O–H groups in total. The monoisotopic (exact) mass is 247 g/mol. The lowest BCUT2D eigenvalue weighted by Crippen LogP contribution is -2.36. The number of aliphatic hydroxyl groups is 1. The Morgan fingerprint density at radius 1 is 1.24 bits per heavy atom. The topological polar surface area (TPSA) is 64.7 Å². The number of hydrogen-bond donors (Lipinski definition) is 2. The summed E-state index contributed by atoms with van der Waals surface area (Å²) in [5.41, 5.74) is 5.68. The first-order valence-electron chi connectivity index (χ1n) is 6.48. The lowest BCUT2D eigenvalue weighted by atomic mass is 9.77. The van der Waals surface area contributed by atoms with Crippen LogP contribution in [0.3, 0.4) is 0 Å². The first kappa shape index (κ1) is 16.8. The Kier molecular flexibility index (Phi) is 9.74. The summed E-state index contributed by atoms with van der Waals surface area (Å²) < 4.78 is 10.3. The van der Waals surface area contributed by atoms with Gasteiger partial charge in [0.2, 0.25) is 0 Å². The van der Waals surface area contributed by atoms with Crippen molar-refractivity contribution in [3.8, 4) is 0 Å². The van der Waals surface area contributed by atoms with Crippen LogP contribution in [-0.4, -0.2) is 45.2 Å². The molecule has 17 heavy (non-hydrogen) atoms. The van der Waals surface area contributed by atoms with Crippen molar-refractivity contribution in [1.82, 2.24) is 0 Å². The van der Waals surface area contributed by atoms with Gasteiger partial charge in [-0.15, -0.1) is 0 Å². The molecular weight excluding hydrogens is 218 g/mol. The van der Waals surface area contributed by atoms with Gasteiger partial charge >= 0.3 is 0 Å². The highest BCUT2D eigenvalue weighted by Crippen LogP contribution is 2.30. The summed E-state index contributed by atoms with van der Waals surface area (Å²) in [5.74, 6) is 0.556. The van der Waals surface area contributed by atoms with Crippen LogP contribution in [0.25, 0.3) is 0 Å². The highest BCUT2D eigenvalue weighted by atomic mass is 16.5. The van der Waals surface area contributed by atoms with Gasteiger partial charge in [-0.3, -0.25) is 0 Å². The van der Waals surface area contributed by atoms with E-state index in [2.05, 4.69) is 13.8 Å². The van der Waals surface area contributed by atoms with Gasteiger partial charge in [0, 0.05) is 32.3 Å². The summed E-state index contributed by atoms with van der Waals surface area (Å²) in [6, 6.07) is 0. The number of aliphatic hydroxyl groups excluding tert-OH is 1. The van der Waals surface area contributed by atoms with Crippen molar-refractivity contribution >= 4 is 0 Å².